The smallest absolute Gasteiger partial charge is 0.220 e. The SMILES string of the molecule is O=C(CCCc1ccccc1)NCCCl. The molecule has 0 unspecified atom stereocenters. The average molecular weight is 226 g/mol. The van der Waals surface area contributed by atoms with E-state index in [-0.39, 0.29) is 5.91 Å². The summed E-state index contributed by atoms with van der Waals surface area (Å²) >= 11 is 5.46. The Morgan fingerprint density at radius 3 is 2.67 bits per heavy atom. The fourth-order valence-electron chi connectivity index (χ4n) is 1.37. The summed E-state index contributed by atoms with van der Waals surface area (Å²) in [7, 11) is 0. The Bertz CT molecular complexity index is 287. The first-order chi connectivity index (χ1) is 7.33. The van der Waals surface area contributed by atoms with Crippen LogP contribution in [0.25, 0.3) is 0 Å². The van der Waals surface area contributed by atoms with Crippen LogP contribution >= 0.6 is 11.6 Å². The Morgan fingerprint density at radius 2 is 2.00 bits per heavy atom. The van der Waals surface area contributed by atoms with Crippen LogP contribution in [0.5, 0.6) is 0 Å². The molecule has 0 aliphatic rings. The second-order valence-electron chi connectivity index (χ2n) is 3.38. The number of amides is 1. The minimum Gasteiger partial charge on any atom is -0.355 e. The zero-order chi connectivity index (χ0) is 10.9. The number of aryl methyl sites for hydroxylation is 1. The normalized spacial score (nSPS) is 9.93. The molecule has 0 saturated heterocycles. The highest BCUT2D eigenvalue weighted by Gasteiger charge is 1.99. The van der Waals surface area contributed by atoms with Crippen LogP contribution < -0.4 is 5.32 Å². The molecule has 1 aromatic rings. The van der Waals surface area contributed by atoms with Crippen LogP contribution in [0.3, 0.4) is 0 Å². The van der Waals surface area contributed by atoms with Crippen LogP contribution in [-0.2, 0) is 11.2 Å². The van der Waals surface area contributed by atoms with Crippen LogP contribution in [0.4, 0.5) is 0 Å². The number of halogens is 1. The molecular formula is C12H16ClNO. The van der Waals surface area contributed by atoms with Crippen molar-refractivity contribution in [3.05, 3.63) is 35.9 Å². The molecule has 1 amide bonds. The van der Waals surface area contributed by atoms with Crippen LogP contribution in [-0.4, -0.2) is 18.3 Å². The fourth-order valence-corrected chi connectivity index (χ4v) is 1.47. The van der Waals surface area contributed by atoms with Crippen molar-refractivity contribution < 1.29 is 4.79 Å². The Hall–Kier alpha value is -1.02. The first-order valence-electron chi connectivity index (χ1n) is 5.19. The average Bonchev–Trinajstić information content (AvgIpc) is 2.28. The molecule has 0 atom stereocenters. The molecule has 0 aliphatic heterocycles. The summed E-state index contributed by atoms with van der Waals surface area (Å²) in [6.45, 7) is 0.561. The second kappa shape index (κ2) is 7.30. The maximum absolute atomic E-state index is 11.2. The lowest BCUT2D eigenvalue weighted by Crippen LogP contribution is -2.24. The van der Waals surface area contributed by atoms with Gasteiger partial charge in [0.05, 0.1) is 0 Å². The number of carbonyl (C=O) groups is 1. The molecule has 0 saturated carbocycles. The third kappa shape index (κ3) is 5.43. The summed E-state index contributed by atoms with van der Waals surface area (Å²) < 4.78 is 0. The molecule has 0 heterocycles. The number of benzene rings is 1. The highest BCUT2D eigenvalue weighted by Crippen LogP contribution is 2.04. The molecule has 1 aromatic carbocycles. The zero-order valence-corrected chi connectivity index (χ0v) is 9.46. The zero-order valence-electron chi connectivity index (χ0n) is 8.71. The predicted octanol–water partition coefficient (Wildman–Crippen LogP) is 2.36. The van der Waals surface area contributed by atoms with E-state index in [1.165, 1.54) is 5.56 Å². The Balaban J connectivity index is 2.14. The quantitative estimate of drug-likeness (QED) is 0.740. The summed E-state index contributed by atoms with van der Waals surface area (Å²) in [6.07, 6.45) is 2.42. The standard InChI is InChI=1S/C12H16ClNO/c13-9-10-14-12(15)8-4-7-11-5-2-1-3-6-11/h1-3,5-6H,4,7-10H2,(H,14,15). The minimum absolute atomic E-state index is 0.0894. The van der Waals surface area contributed by atoms with Crippen molar-refractivity contribution in [2.75, 3.05) is 12.4 Å². The topological polar surface area (TPSA) is 29.1 Å². The lowest BCUT2D eigenvalue weighted by atomic mass is 10.1. The molecule has 0 spiro atoms. The summed E-state index contributed by atoms with van der Waals surface area (Å²) in [6, 6.07) is 10.2. The third-order valence-corrected chi connectivity index (χ3v) is 2.32. The van der Waals surface area contributed by atoms with E-state index >= 15 is 0 Å². The van der Waals surface area contributed by atoms with E-state index in [2.05, 4.69) is 17.4 Å². The van der Waals surface area contributed by atoms with Gasteiger partial charge in [-0.2, -0.15) is 0 Å². The lowest BCUT2D eigenvalue weighted by molar-refractivity contribution is -0.121. The predicted molar refractivity (Wildman–Crippen MR) is 63.1 cm³/mol. The molecule has 82 valence electrons. The molecule has 0 bridgehead atoms. The van der Waals surface area contributed by atoms with Gasteiger partial charge in [0, 0.05) is 18.8 Å². The number of hydrogen-bond acceptors (Lipinski definition) is 1. The maximum Gasteiger partial charge on any atom is 0.220 e. The Kier molecular flexibility index (Phi) is 5.86. The molecular weight excluding hydrogens is 210 g/mol. The fraction of sp³-hybridized carbons (Fsp3) is 0.417. The van der Waals surface area contributed by atoms with E-state index in [4.69, 9.17) is 11.6 Å². The van der Waals surface area contributed by atoms with Gasteiger partial charge in [-0.05, 0) is 18.4 Å². The van der Waals surface area contributed by atoms with Crippen molar-refractivity contribution in [1.82, 2.24) is 5.32 Å². The van der Waals surface area contributed by atoms with Gasteiger partial charge in [-0.3, -0.25) is 4.79 Å². The maximum atomic E-state index is 11.2. The number of alkyl halides is 1. The highest BCUT2D eigenvalue weighted by atomic mass is 35.5. The summed E-state index contributed by atoms with van der Waals surface area (Å²) in [5.74, 6) is 0.566. The van der Waals surface area contributed by atoms with Gasteiger partial charge in [0.25, 0.3) is 0 Å². The van der Waals surface area contributed by atoms with Gasteiger partial charge >= 0.3 is 0 Å². The van der Waals surface area contributed by atoms with Gasteiger partial charge < -0.3 is 5.32 Å². The molecule has 2 nitrogen and oxygen atoms in total. The monoisotopic (exact) mass is 225 g/mol. The van der Waals surface area contributed by atoms with Crippen LogP contribution in [0.15, 0.2) is 30.3 Å². The highest BCUT2D eigenvalue weighted by molar-refractivity contribution is 6.18. The van der Waals surface area contributed by atoms with Crippen molar-refractivity contribution in [1.29, 1.82) is 0 Å². The van der Waals surface area contributed by atoms with Gasteiger partial charge in [0.2, 0.25) is 5.91 Å². The Labute approximate surface area is 95.6 Å². The minimum atomic E-state index is 0.0894. The lowest BCUT2D eigenvalue weighted by Gasteiger charge is -2.02. The first kappa shape index (κ1) is 12.1. The number of rotatable bonds is 6. The molecule has 1 rings (SSSR count). The molecule has 15 heavy (non-hydrogen) atoms. The number of nitrogens with one attached hydrogen (secondary N) is 1. The van der Waals surface area contributed by atoms with Crippen molar-refractivity contribution >= 4 is 17.5 Å². The van der Waals surface area contributed by atoms with Crippen molar-refractivity contribution in [3.63, 3.8) is 0 Å². The van der Waals surface area contributed by atoms with Crippen molar-refractivity contribution in [3.8, 4) is 0 Å². The molecule has 1 N–H and O–H groups in total. The van der Waals surface area contributed by atoms with Gasteiger partial charge in [0.1, 0.15) is 0 Å². The largest absolute Gasteiger partial charge is 0.355 e. The van der Waals surface area contributed by atoms with E-state index in [1.54, 1.807) is 0 Å². The Morgan fingerprint density at radius 1 is 1.27 bits per heavy atom. The molecule has 0 fully saturated rings. The first-order valence-corrected chi connectivity index (χ1v) is 5.73. The van der Waals surface area contributed by atoms with E-state index in [0.717, 1.165) is 12.8 Å². The molecule has 0 aliphatic carbocycles. The number of carbonyl (C=O) groups excluding carboxylic acids is 1. The summed E-state index contributed by atoms with van der Waals surface area (Å²) in [4.78, 5) is 11.2. The van der Waals surface area contributed by atoms with E-state index < -0.39 is 0 Å². The second-order valence-corrected chi connectivity index (χ2v) is 3.76. The number of hydrogen-bond donors (Lipinski definition) is 1. The van der Waals surface area contributed by atoms with Gasteiger partial charge in [-0.15, -0.1) is 11.6 Å². The van der Waals surface area contributed by atoms with Gasteiger partial charge in [-0.1, -0.05) is 30.3 Å². The van der Waals surface area contributed by atoms with E-state index in [1.807, 2.05) is 18.2 Å². The molecule has 0 aromatic heterocycles. The van der Waals surface area contributed by atoms with Gasteiger partial charge in [-0.25, -0.2) is 0 Å². The van der Waals surface area contributed by atoms with Crippen molar-refractivity contribution in [2.24, 2.45) is 0 Å². The van der Waals surface area contributed by atoms with Crippen LogP contribution in [0, 0.1) is 0 Å². The van der Waals surface area contributed by atoms with Crippen LogP contribution in [0.1, 0.15) is 18.4 Å². The van der Waals surface area contributed by atoms with Crippen molar-refractivity contribution in [2.45, 2.75) is 19.3 Å². The van der Waals surface area contributed by atoms with Gasteiger partial charge in [0.15, 0.2) is 0 Å². The third-order valence-electron chi connectivity index (χ3n) is 2.13. The van der Waals surface area contributed by atoms with E-state index in [0.29, 0.717) is 18.8 Å². The van der Waals surface area contributed by atoms with Crippen LogP contribution in [0.2, 0.25) is 0 Å². The summed E-state index contributed by atoms with van der Waals surface area (Å²) in [5.41, 5.74) is 1.28. The van der Waals surface area contributed by atoms with E-state index in [9.17, 15) is 4.79 Å². The summed E-state index contributed by atoms with van der Waals surface area (Å²) in [5, 5.41) is 2.75. The molecule has 3 heteroatoms. The molecule has 0 radical (unpaired) electrons.